The molecule has 1 rings (SSSR count). The summed E-state index contributed by atoms with van der Waals surface area (Å²) in [7, 11) is 1.56. The van der Waals surface area contributed by atoms with Crippen LogP contribution in [-0.2, 0) is 5.41 Å². The van der Waals surface area contributed by atoms with Crippen LogP contribution in [0.5, 0.6) is 5.75 Å². The third-order valence-electron chi connectivity index (χ3n) is 2.24. The minimum Gasteiger partial charge on any atom is -0.493 e. The zero-order valence-electron chi connectivity index (χ0n) is 13.3. The number of pyridine rings is 1. The number of rotatable bonds is 1. The van der Waals surface area contributed by atoms with E-state index < -0.39 is 0 Å². The average Bonchev–Trinajstić information content (AvgIpc) is 2.41. The van der Waals surface area contributed by atoms with Crippen LogP contribution in [0.25, 0.3) is 0 Å². The van der Waals surface area contributed by atoms with Gasteiger partial charge in [0.15, 0.2) is 11.4 Å². The standard InChI is InChI=1S/C12H16N2O.C2H6.CH3I/c1-8-6-10(12(2,3)4)14-9(7-13)11(8)15-5;2*1-2/h6H,1-5H3;1-2H3;1H3. The number of hydrogen-bond acceptors (Lipinski definition) is 3. The largest absolute Gasteiger partial charge is 0.493 e. The van der Waals surface area contributed by atoms with Crippen molar-refractivity contribution in [3.05, 3.63) is 23.0 Å². The molecule has 19 heavy (non-hydrogen) atoms. The van der Waals surface area contributed by atoms with Gasteiger partial charge in [0, 0.05) is 11.1 Å². The maximum absolute atomic E-state index is 8.97. The lowest BCUT2D eigenvalue weighted by Crippen LogP contribution is -2.15. The number of aryl methyl sites for hydroxylation is 1. The smallest absolute Gasteiger partial charge is 0.183 e. The molecular formula is C15H25IN2O. The van der Waals surface area contributed by atoms with Gasteiger partial charge < -0.3 is 4.74 Å². The monoisotopic (exact) mass is 376 g/mol. The van der Waals surface area contributed by atoms with Gasteiger partial charge in [0.2, 0.25) is 0 Å². The Morgan fingerprint density at radius 1 is 1.26 bits per heavy atom. The number of methoxy groups -OCH3 is 1. The summed E-state index contributed by atoms with van der Waals surface area (Å²) in [5, 5.41) is 8.97. The molecule has 0 spiro atoms. The van der Waals surface area contributed by atoms with Crippen LogP contribution in [0.2, 0.25) is 0 Å². The van der Waals surface area contributed by atoms with E-state index >= 15 is 0 Å². The SMILES string of the molecule is CC.CI.COc1c(C)cc(C(C)(C)C)nc1C#N. The van der Waals surface area contributed by atoms with Crippen LogP contribution >= 0.6 is 22.6 Å². The molecule has 108 valence electrons. The zero-order valence-corrected chi connectivity index (χ0v) is 15.4. The Balaban J connectivity index is 0. The summed E-state index contributed by atoms with van der Waals surface area (Å²) in [5.41, 5.74) is 2.18. The Morgan fingerprint density at radius 2 is 1.74 bits per heavy atom. The molecule has 0 saturated carbocycles. The molecule has 1 aromatic heterocycles. The van der Waals surface area contributed by atoms with Crippen molar-refractivity contribution in [1.29, 1.82) is 5.26 Å². The van der Waals surface area contributed by atoms with Crippen LogP contribution in [0.4, 0.5) is 0 Å². The zero-order chi connectivity index (χ0) is 15.6. The highest BCUT2D eigenvalue weighted by atomic mass is 127. The lowest BCUT2D eigenvalue weighted by molar-refractivity contribution is 0.406. The van der Waals surface area contributed by atoms with Crippen molar-refractivity contribution in [1.82, 2.24) is 4.98 Å². The number of alkyl halides is 1. The number of aromatic nitrogens is 1. The van der Waals surface area contributed by atoms with Gasteiger partial charge in [-0.1, -0.05) is 57.2 Å². The quantitative estimate of drug-likeness (QED) is 0.530. The number of halogens is 1. The van der Waals surface area contributed by atoms with E-state index in [1.54, 1.807) is 7.11 Å². The molecule has 3 nitrogen and oxygen atoms in total. The summed E-state index contributed by atoms with van der Waals surface area (Å²) in [4.78, 5) is 6.28. The van der Waals surface area contributed by atoms with Crippen LogP contribution < -0.4 is 4.74 Å². The molecule has 0 bridgehead atoms. The lowest BCUT2D eigenvalue weighted by Gasteiger charge is -2.19. The van der Waals surface area contributed by atoms with Gasteiger partial charge in [-0.3, -0.25) is 0 Å². The van der Waals surface area contributed by atoms with E-state index in [0.29, 0.717) is 11.4 Å². The summed E-state index contributed by atoms with van der Waals surface area (Å²) < 4.78 is 5.15. The highest BCUT2D eigenvalue weighted by molar-refractivity contribution is 14.1. The van der Waals surface area contributed by atoms with E-state index in [0.717, 1.165) is 11.3 Å². The van der Waals surface area contributed by atoms with Crippen molar-refractivity contribution < 1.29 is 4.74 Å². The number of ether oxygens (including phenoxy) is 1. The van der Waals surface area contributed by atoms with Gasteiger partial charge in [-0.25, -0.2) is 4.98 Å². The third-order valence-corrected chi connectivity index (χ3v) is 2.24. The van der Waals surface area contributed by atoms with Crippen LogP contribution in [0.15, 0.2) is 6.07 Å². The Kier molecular flexibility index (Phi) is 10.8. The van der Waals surface area contributed by atoms with Crippen molar-refractivity contribution in [2.24, 2.45) is 0 Å². The molecular weight excluding hydrogens is 351 g/mol. The van der Waals surface area contributed by atoms with E-state index in [1.807, 2.05) is 31.8 Å². The second-order valence-corrected chi connectivity index (χ2v) is 4.57. The lowest BCUT2D eigenvalue weighted by atomic mass is 9.90. The molecule has 0 fully saturated rings. The van der Waals surface area contributed by atoms with Crippen LogP contribution in [0.3, 0.4) is 0 Å². The molecule has 0 aliphatic carbocycles. The van der Waals surface area contributed by atoms with Gasteiger partial charge in [0.05, 0.1) is 7.11 Å². The molecule has 1 aromatic rings. The first-order valence-electron chi connectivity index (χ1n) is 6.24. The fraction of sp³-hybridized carbons (Fsp3) is 0.600. The highest BCUT2D eigenvalue weighted by Gasteiger charge is 2.19. The van der Waals surface area contributed by atoms with Gasteiger partial charge >= 0.3 is 0 Å². The average molecular weight is 376 g/mol. The Morgan fingerprint density at radius 3 is 2.05 bits per heavy atom. The molecule has 0 aromatic carbocycles. The van der Waals surface area contributed by atoms with Gasteiger partial charge in [0.25, 0.3) is 0 Å². The van der Waals surface area contributed by atoms with Crippen molar-refractivity contribution >= 4 is 22.6 Å². The van der Waals surface area contributed by atoms with E-state index in [9.17, 15) is 0 Å². The summed E-state index contributed by atoms with van der Waals surface area (Å²) in [6.07, 6.45) is 0. The Labute approximate surface area is 131 Å². The second-order valence-electron chi connectivity index (χ2n) is 4.57. The molecule has 1 heterocycles. The molecule has 0 aliphatic heterocycles. The van der Waals surface area contributed by atoms with Gasteiger partial charge in [-0.15, -0.1) is 0 Å². The van der Waals surface area contributed by atoms with Crippen molar-refractivity contribution in [2.45, 2.75) is 47.0 Å². The number of hydrogen-bond donors (Lipinski definition) is 0. The fourth-order valence-corrected chi connectivity index (χ4v) is 1.38. The summed E-state index contributed by atoms with van der Waals surface area (Å²) >= 11 is 2.15. The molecule has 0 N–H and O–H groups in total. The molecule has 0 radical (unpaired) electrons. The van der Waals surface area contributed by atoms with E-state index in [4.69, 9.17) is 10.00 Å². The van der Waals surface area contributed by atoms with E-state index in [2.05, 4.69) is 54.4 Å². The summed E-state index contributed by atoms with van der Waals surface area (Å²) in [6, 6.07) is 4.04. The number of nitriles is 1. The first-order valence-corrected chi connectivity index (χ1v) is 8.40. The van der Waals surface area contributed by atoms with Crippen molar-refractivity contribution in [3.63, 3.8) is 0 Å². The second kappa shape index (κ2) is 10.0. The molecule has 4 heteroatoms. The highest BCUT2D eigenvalue weighted by Crippen LogP contribution is 2.27. The summed E-state index contributed by atoms with van der Waals surface area (Å²) in [5.74, 6) is 0.575. The fourth-order valence-electron chi connectivity index (χ4n) is 1.38. The normalized spacial score (nSPS) is 9.26. The first kappa shape index (κ1) is 20.5. The maximum Gasteiger partial charge on any atom is 0.183 e. The number of nitrogens with zero attached hydrogens (tertiary/aromatic N) is 2. The molecule has 0 atom stereocenters. The van der Waals surface area contributed by atoms with Crippen LogP contribution in [0, 0.1) is 18.3 Å². The van der Waals surface area contributed by atoms with Crippen LogP contribution in [-0.4, -0.2) is 17.0 Å². The van der Waals surface area contributed by atoms with Gasteiger partial charge in [-0.2, -0.15) is 5.26 Å². The van der Waals surface area contributed by atoms with Crippen molar-refractivity contribution in [2.75, 3.05) is 12.0 Å². The Hall–Kier alpha value is -0.830. The molecule has 0 saturated heterocycles. The topological polar surface area (TPSA) is 45.9 Å². The predicted molar refractivity (Wildman–Crippen MR) is 90.2 cm³/mol. The Bertz CT molecular complexity index is 417. The van der Waals surface area contributed by atoms with E-state index in [-0.39, 0.29) is 5.41 Å². The van der Waals surface area contributed by atoms with Crippen molar-refractivity contribution in [3.8, 4) is 11.8 Å². The maximum atomic E-state index is 8.97. The minimum atomic E-state index is -0.0529. The van der Waals surface area contributed by atoms with Crippen LogP contribution in [0.1, 0.15) is 51.6 Å². The van der Waals surface area contributed by atoms with Gasteiger partial charge in [-0.05, 0) is 23.5 Å². The molecule has 0 aliphatic rings. The first-order chi connectivity index (χ1) is 8.90. The third kappa shape index (κ3) is 6.24. The minimum absolute atomic E-state index is 0.0529. The summed E-state index contributed by atoms with van der Waals surface area (Å²) in [6.45, 7) is 12.1. The predicted octanol–water partition coefficient (Wildman–Crippen LogP) is 4.65. The molecule has 0 amide bonds. The molecule has 0 unspecified atom stereocenters. The van der Waals surface area contributed by atoms with E-state index in [1.165, 1.54) is 0 Å². The van der Waals surface area contributed by atoms with Gasteiger partial charge in [0.1, 0.15) is 6.07 Å².